The standard InChI is InChI=1S/C11H16FN3/c12-10-2-1-9(11(13)7-10)8-15-5-3-14-4-6-15/h1-2,7,14H,3-6,8,13H2. The summed E-state index contributed by atoms with van der Waals surface area (Å²) in [6.45, 7) is 4.89. The van der Waals surface area contributed by atoms with Crippen LogP contribution in [-0.4, -0.2) is 31.1 Å². The van der Waals surface area contributed by atoms with Gasteiger partial charge in [0.25, 0.3) is 0 Å². The fraction of sp³-hybridized carbons (Fsp3) is 0.455. The van der Waals surface area contributed by atoms with Crippen LogP contribution in [0.3, 0.4) is 0 Å². The maximum Gasteiger partial charge on any atom is 0.125 e. The van der Waals surface area contributed by atoms with Gasteiger partial charge in [-0.25, -0.2) is 4.39 Å². The van der Waals surface area contributed by atoms with Crippen LogP contribution in [0.5, 0.6) is 0 Å². The summed E-state index contributed by atoms with van der Waals surface area (Å²) in [7, 11) is 0. The molecule has 0 aromatic heterocycles. The Balaban J connectivity index is 2.03. The Kier molecular flexibility index (Phi) is 3.18. The molecule has 0 bridgehead atoms. The number of nitrogens with one attached hydrogen (secondary N) is 1. The number of anilines is 1. The first-order valence-electron chi connectivity index (χ1n) is 5.23. The van der Waals surface area contributed by atoms with Gasteiger partial charge < -0.3 is 11.1 Å². The number of nitrogens with two attached hydrogens (primary N) is 1. The largest absolute Gasteiger partial charge is 0.398 e. The van der Waals surface area contributed by atoms with Gasteiger partial charge in [-0.15, -0.1) is 0 Å². The molecule has 15 heavy (non-hydrogen) atoms. The maximum atomic E-state index is 12.8. The summed E-state index contributed by atoms with van der Waals surface area (Å²) >= 11 is 0. The predicted octanol–water partition coefficient (Wildman–Crippen LogP) is 0.813. The summed E-state index contributed by atoms with van der Waals surface area (Å²) in [5.41, 5.74) is 7.32. The van der Waals surface area contributed by atoms with Crippen LogP contribution in [0.2, 0.25) is 0 Å². The number of rotatable bonds is 2. The first-order valence-corrected chi connectivity index (χ1v) is 5.23. The zero-order valence-electron chi connectivity index (χ0n) is 8.67. The van der Waals surface area contributed by atoms with E-state index in [0.717, 1.165) is 38.3 Å². The molecule has 0 saturated carbocycles. The van der Waals surface area contributed by atoms with Gasteiger partial charge in [0.05, 0.1) is 0 Å². The molecule has 0 unspecified atom stereocenters. The van der Waals surface area contributed by atoms with E-state index in [9.17, 15) is 4.39 Å². The molecule has 1 saturated heterocycles. The maximum absolute atomic E-state index is 12.8. The molecule has 0 atom stereocenters. The Morgan fingerprint density at radius 2 is 2.07 bits per heavy atom. The molecule has 1 aliphatic heterocycles. The van der Waals surface area contributed by atoms with Crippen molar-refractivity contribution in [2.75, 3.05) is 31.9 Å². The third kappa shape index (κ3) is 2.67. The minimum absolute atomic E-state index is 0.267. The average molecular weight is 209 g/mol. The van der Waals surface area contributed by atoms with Crippen LogP contribution in [-0.2, 0) is 6.54 Å². The Hall–Kier alpha value is -1.13. The van der Waals surface area contributed by atoms with Crippen LogP contribution in [0.1, 0.15) is 5.56 Å². The highest BCUT2D eigenvalue weighted by Gasteiger charge is 2.11. The van der Waals surface area contributed by atoms with Crippen LogP contribution < -0.4 is 11.1 Å². The SMILES string of the molecule is Nc1cc(F)ccc1CN1CCNCC1. The molecular weight excluding hydrogens is 193 g/mol. The van der Waals surface area contributed by atoms with Gasteiger partial charge in [-0.2, -0.15) is 0 Å². The fourth-order valence-corrected chi connectivity index (χ4v) is 1.82. The average Bonchev–Trinajstić information content (AvgIpc) is 2.24. The van der Waals surface area contributed by atoms with E-state index in [2.05, 4.69) is 10.2 Å². The molecule has 0 aliphatic carbocycles. The van der Waals surface area contributed by atoms with Crippen molar-refractivity contribution >= 4 is 5.69 Å². The van der Waals surface area contributed by atoms with Crippen molar-refractivity contribution in [3.05, 3.63) is 29.6 Å². The van der Waals surface area contributed by atoms with E-state index < -0.39 is 0 Å². The lowest BCUT2D eigenvalue weighted by atomic mass is 10.1. The number of halogens is 1. The second kappa shape index (κ2) is 4.59. The third-order valence-corrected chi connectivity index (χ3v) is 2.71. The topological polar surface area (TPSA) is 41.3 Å². The van der Waals surface area contributed by atoms with Crippen molar-refractivity contribution in [1.29, 1.82) is 0 Å². The van der Waals surface area contributed by atoms with Gasteiger partial charge in [-0.05, 0) is 17.7 Å². The van der Waals surface area contributed by atoms with Crippen LogP contribution >= 0.6 is 0 Å². The van der Waals surface area contributed by atoms with Crippen molar-refractivity contribution in [3.8, 4) is 0 Å². The molecule has 0 spiro atoms. The summed E-state index contributed by atoms with van der Waals surface area (Å²) in [6.07, 6.45) is 0. The molecule has 1 aliphatic rings. The number of hydrogen-bond donors (Lipinski definition) is 2. The highest BCUT2D eigenvalue weighted by atomic mass is 19.1. The van der Waals surface area contributed by atoms with Crippen LogP contribution in [0.15, 0.2) is 18.2 Å². The van der Waals surface area contributed by atoms with E-state index in [1.54, 1.807) is 6.07 Å². The highest BCUT2D eigenvalue weighted by Crippen LogP contribution is 2.15. The normalized spacial score (nSPS) is 17.9. The van der Waals surface area contributed by atoms with Crippen molar-refractivity contribution in [3.63, 3.8) is 0 Å². The van der Waals surface area contributed by atoms with Crippen molar-refractivity contribution in [1.82, 2.24) is 10.2 Å². The monoisotopic (exact) mass is 209 g/mol. The first kappa shape index (κ1) is 10.4. The number of hydrogen-bond acceptors (Lipinski definition) is 3. The molecule has 3 N–H and O–H groups in total. The van der Waals surface area contributed by atoms with E-state index in [1.165, 1.54) is 12.1 Å². The molecule has 2 rings (SSSR count). The van der Waals surface area contributed by atoms with Crippen LogP contribution in [0.25, 0.3) is 0 Å². The summed E-state index contributed by atoms with van der Waals surface area (Å²) in [6, 6.07) is 4.62. The first-order chi connectivity index (χ1) is 7.25. The highest BCUT2D eigenvalue weighted by molar-refractivity contribution is 5.46. The van der Waals surface area contributed by atoms with Gasteiger partial charge in [0, 0.05) is 38.4 Å². The second-order valence-corrected chi connectivity index (χ2v) is 3.87. The third-order valence-electron chi connectivity index (χ3n) is 2.71. The number of nitrogens with zero attached hydrogens (tertiary/aromatic N) is 1. The lowest BCUT2D eigenvalue weighted by molar-refractivity contribution is 0.233. The van der Waals surface area contributed by atoms with Gasteiger partial charge in [0.15, 0.2) is 0 Å². The van der Waals surface area contributed by atoms with Crippen molar-refractivity contribution < 1.29 is 4.39 Å². The molecule has 82 valence electrons. The van der Waals surface area contributed by atoms with Gasteiger partial charge in [0.2, 0.25) is 0 Å². The molecular formula is C11H16FN3. The second-order valence-electron chi connectivity index (χ2n) is 3.87. The number of nitrogen functional groups attached to an aromatic ring is 1. The summed E-state index contributed by atoms with van der Waals surface area (Å²) in [5.74, 6) is -0.267. The summed E-state index contributed by atoms with van der Waals surface area (Å²) in [5, 5.41) is 3.29. The van der Waals surface area contributed by atoms with Crippen LogP contribution in [0, 0.1) is 5.82 Å². The molecule has 1 aromatic carbocycles. The van der Waals surface area contributed by atoms with Gasteiger partial charge >= 0.3 is 0 Å². The minimum Gasteiger partial charge on any atom is -0.398 e. The Morgan fingerprint density at radius 3 is 2.73 bits per heavy atom. The Morgan fingerprint density at radius 1 is 1.33 bits per heavy atom. The van der Waals surface area contributed by atoms with Gasteiger partial charge in [0.1, 0.15) is 5.82 Å². The van der Waals surface area contributed by atoms with Crippen LogP contribution in [0.4, 0.5) is 10.1 Å². The molecule has 3 nitrogen and oxygen atoms in total. The number of piperazine rings is 1. The van der Waals surface area contributed by atoms with Crippen molar-refractivity contribution in [2.24, 2.45) is 0 Å². The molecule has 1 heterocycles. The lowest BCUT2D eigenvalue weighted by Gasteiger charge is -2.27. The fourth-order valence-electron chi connectivity index (χ4n) is 1.82. The predicted molar refractivity (Wildman–Crippen MR) is 59.0 cm³/mol. The molecule has 1 fully saturated rings. The Labute approximate surface area is 89.1 Å². The van der Waals surface area contributed by atoms with E-state index in [4.69, 9.17) is 5.73 Å². The van der Waals surface area contributed by atoms with E-state index in [-0.39, 0.29) is 5.82 Å². The zero-order chi connectivity index (χ0) is 10.7. The smallest absolute Gasteiger partial charge is 0.125 e. The number of benzene rings is 1. The van der Waals surface area contributed by atoms with Gasteiger partial charge in [-0.3, -0.25) is 4.90 Å². The molecule has 1 aromatic rings. The van der Waals surface area contributed by atoms with Crippen molar-refractivity contribution in [2.45, 2.75) is 6.54 Å². The molecule has 0 amide bonds. The van der Waals surface area contributed by atoms with Gasteiger partial charge in [-0.1, -0.05) is 6.07 Å². The summed E-state index contributed by atoms with van der Waals surface area (Å²) < 4.78 is 12.8. The zero-order valence-corrected chi connectivity index (χ0v) is 8.67. The summed E-state index contributed by atoms with van der Waals surface area (Å²) in [4.78, 5) is 2.32. The minimum atomic E-state index is -0.267. The quantitative estimate of drug-likeness (QED) is 0.708. The van der Waals surface area contributed by atoms with E-state index in [0.29, 0.717) is 5.69 Å². The Bertz CT molecular complexity index is 335. The van der Waals surface area contributed by atoms with E-state index >= 15 is 0 Å². The van der Waals surface area contributed by atoms with E-state index in [1.807, 2.05) is 0 Å². The lowest BCUT2D eigenvalue weighted by Crippen LogP contribution is -2.42. The molecule has 4 heteroatoms. The molecule has 0 radical (unpaired) electrons.